The number of allylic oxidation sites excluding steroid dienone is 2. The highest BCUT2D eigenvalue weighted by Gasteiger charge is 2.31. The standard InChI is InChI=1S/C21H22F3NO4S.C4H8.C3H8/c1-14(16-5-9-18(10-6-16)29-21(22,23)24)12-28-17-7-3-15(4-8-17)11-19(30-2)20(27)25-13-26;1-3-4-2;1-3-2/h3-10,13-14,19H,11-12H2,1-2H3,(H,25,26,27);3-4H,1-2H3;3H2,1-2H3/b;4-3-;. The first-order chi connectivity index (χ1) is 17.5. The van der Waals surface area contributed by atoms with Gasteiger partial charge in [0.15, 0.2) is 0 Å². The molecule has 2 aromatic carbocycles. The van der Waals surface area contributed by atoms with Gasteiger partial charge in [-0.25, -0.2) is 0 Å². The fraction of sp³-hybridized carbons (Fsp3) is 0.429. The molecule has 0 heterocycles. The predicted octanol–water partition coefficient (Wildman–Crippen LogP) is 7.31. The number of carbonyl (C=O) groups excluding carboxylic acids is 2. The zero-order valence-corrected chi connectivity index (χ0v) is 23.1. The second kappa shape index (κ2) is 19.2. The van der Waals surface area contributed by atoms with Crippen LogP contribution in [0.4, 0.5) is 13.2 Å². The van der Waals surface area contributed by atoms with Crippen LogP contribution < -0.4 is 14.8 Å². The van der Waals surface area contributed by atoms with E-state index in [1.54, 1.807) is 30.5 Å². The van der Waals surface area contributed by atoms with Crippen LogP contribution in [0.5, 0.6) is 11.5 Å². The lowest BCUT2D eigenvalue weighted by Crippen LogP contribution is -2.32. The molecule has 0 aromatic heterocycles. The Morgan fingerprint density at radius 1 is 1.00 bits per heavy atom. The van der Waals surface area contributed by atoms with Crippen molar-refractivity contribution in [1.29, 1.82) is 0 Å². The molecule has 0 fully saturated rings. The summed E-state index contributed by atoms with van der Waals surface area (Å²) in [5, 5.41) is 1.79. The highest BCUT2D eigenvalue weighted by Crippen LogP contribution is 2.26. The lowest BCUT2D eigenvalue weighted by atomic mass is 10.0. The van der Waals surface area contributed by atoms with E-state index in [0.29, 0.717) is 25.2 Å². The summed E-state index contributed by atoms with van der Waals surface area (Å²) in [6.45, 7) is 10.5. The second-order valence-corrected chi connectivity index (χ2v) is 8.94. The molecule has 2 amide bonds. The third-order valence-corrected chi connectivity index (χ3v) is 5.59. The number of hydrogen-bond acceptors (Lipinski definition) is 5. The van der Waals surface area contributed by atoms with Crippen LogP contribution >= 0.6 is 11.8 Å². The molecule has 0 spiro atoms. The average molecular weight is 542 g/mol. The van der Waals surface area contributed by atoms with E-state index in [-0.39, 0.29) is 22.8 Å². The van der Waals surface area contributed by atoms with Gasteiger partial charge < -0.3 is 9.47 Å². The van der Waals surface area contributed by atoms with Crippen molar-refractivity contribution < 1.29 is 32.2 Å². The Morgan fingerprint density at radius 3 is 1.95 bits per heavy atom. The Balaban J connectivity index is 0.00000165. The summed E-state index contributed by atoms with van der Waals surface area (Å²) in [7, 11) is 0. The number of alkyl halides is 3. The predicted molar refractivity (Wildman–Crippen MR) is 145 cm³/mol. The normalized spacial score (nSPS) is 12.2. The Kier molecular flexibility index (Phi) is 17.7. The van der Waals surface area contributed by atoms with Crippen molar-refractivity contribution in [3.63, 3.8) is 0 Å². The Labute approximate surface area is 222 Å². The molecule has 0 aliphatic rings. The highest BCUT2D eigenvalue weighted by molar-refractivity contribution is 7.99. The maximum atomic E-state index is 12.2. The minimum absolute atomic E-state index is 0.0440. The molecular formula is C28H38F3NO4S. The number of halogens is 3. The van der Waals surface area contributed by atoms with E-state index < -0.39 is 6.36 Å². The molecule has 0 radical (unpaired) electrons. The number of carbonyl (C=O) groups is 2. The molecule has 0 bridgehead atoms. The van der Waals surface area contributed by atoms with E-state index in [9.17, 15) is 22.8 Å². The zero-order valence-electron chi connectivity index (χ0n) is 22.3. The van der Waals surface area contributed by atoms with Crippen LogP contribution in [0.3, 0.4) is 0 Å². The molecule has 0 aliphatic carbocycles. The Hall–Kier alpha value is -2.94. The zero-order chi connectivity index (χ0) is 28.3. The van der Waals surface area contributed by atoms with Crippen LogP contribution in [0.1, 0.15) is 58.1 Å². The van der Waals surface area contributed by atoms with Gasteiger partial charge in [-0.1, -0.05) is 63.6 Å². The van der Waals surface area contributed by atoms with E-state index in [2.05, 4.69) is 23.9 Å². The van der Waals surface area contributed by atoms with E-state index in [1.807, 2.05) is 45.1 Å². The minimum Gasteiger partial charge on any atom is -0.493 e. The van der Waals surface area contributed by atoms with Gasteiger partial charge in [-0.15, -0.1) is 13.2 Å². The third kappa shape index (κ3) is 15.7. The summed E-state index contributed by atoms with van der Waals surface area (Å²) >= 11 is 1.36. The molecule has 9 heteroatoms. The summed E-state index contributed by atoms with van der Waals surface area (Å²) in [6, 6.07) is 13.0. The second-order valence-electron chi connectivity index (χ2n) is 7.90. The smallest absolute Gasteiger partial charge is 0.493 e. The summed E-state index contributed by atoms with van der Waals surface area (Å²) in [5.74, 6) is -0.00294. The Bertz CT molecular complexity index is 913. The van der Waals surface area contributed by atoms with Gasteiger partial charge in [-0.3, -0.25) is 14.9 Å². The van der Waals surface area contributed by atoms with Gasteiger partial charge in [0.25, 0.3) is 0 Å². The van der Waals surface area contributed by atoms with Crippen molar-refractivity contribution in [2.45, 2.75) is 65.0 Å². The first-order valence-corrected chi connectivity index (χ1v) is 13.2. The molecule has 0 aliphatic heterocycles. The summed E-state index contributed by atoms with van der Waals surface area (Å²) < 4.78 is 46.3. The summed E-state index contributed by atoms with van der Waals surface area (Å²) in [6.07, 6.45) is 3.19. The third-order valence-electron chi connectivity index (χ3n) is 4.64. The number of amides is 2. The highest BCUT2D eigenvalue weighted by atomic mass is 32.2. The van der Waals surface area contributed by atoms with Gasteiger partial charge in [-0.05, 0) is 61.9 Å². The number of nitrogens with one attached hydrogen (secondary N) is 1. The minimum atomic E-state index is -4.71. The number of imide groups is 1. The summed E-state index contributed by atoms with van der Waals surface area (Å²) in [4.78, 5) is 22.2. The molecule has 37 heavy (non-hydrogen) atoms. The van der Waals surface area contributed by atoms with Crippen molar-refractivity contribution in [3.05, 3.63) is 71.8 Å². The van der Waals surface area contributed by atoms with Crippen LogP contribution in [0.25, 0.3) is 0 Å². The molecule has 2 unspecified atom stereocenters. The first kappa shape index (κ1) is 34.1. The largest absolute Gasteiger partial charge is 0.573 e. The maximum absolute atomic E-state index is 12.2. The van der Waals surface area contributed by atoms with Crippen LogP contribution in [0, 0.1) is 0 Å². The Morgan fingerprint density at radius 2 is 1.51 bits per heavy atom. The number of ether oxygens (including phenoxy) is 2. The molecule has 1 N–H and O–H groups in total. The molecule has 2 rings (SSSR count). The number of rotatable bonds is 10. The number of benzene rings is 2. The van der Waals surface area contributed by atoms with Gasteiger partial charge in [0, 0.05) is 5.92 Å². The quantitative estimate of drug-likeness (QED) is 0.252. The van der Waals surface area contributed by atoms with Gasteiger partial charge in [0.2, 0.25) is 12.3 Å². The molecule has 2 aromatic rings. The fourth-order valence-electron chi connectivity index (χ4n) is 2.69. The molecule has 5 nitrogen and oxygen atoms in total. The number of thioether (sulfide) groups is 1. The molecule has 206 valence electrons. The average Bonchev–Trinajstić information content (AvgIpc) is 2.86. The van der Waals surface area contributed by atoms with Crippen molar-refractivity contribution >= 4 is 24.1 Å². The fourth-order valence-corrected chi connectivity index (χ4v) is 3.33. The van der Waals surface area contributed by atoms with E-state index in [0.717, 1.165) is 11.1 Å². The van der Waals surface area contributed by atoms with Crippen LogP contribution in [-0.2, 0) is 16.0 Å². The van der Waals surface area contributed by atoms with Gasteiger partial charge in [0.1, 0.15) is 11.5 Å². The first-order valence-electron chi connectivity index (χ1n) is 12.0. The molecule has 0 saturated heterocycles. The van der Waals surface area contributed by atoms with Gasteiger partial charge >= 0.3 is 6.36 Å². The molecule has 2 atom stereocenters. The van der Waals surface area contributed by atoms with Crippen LogP contribution in [-0.4, -0.2) is 36.8 Å². The summed E-state index contributed by atoms with van der Waals surface area (Å²) in [5.41, 5.74) is 1.75. The maximum Gasteiger partial charge on any atom is 0.573 e. The van der Waals surface area contributed by atoms with Crippen molar-refractivity contribution in [3.8, 4) is 11.5 Å². The number of hydrogen-bond donors (Lipinski definition) is 1. The van der Waals surface area contributed by atoms with E-state index in [4.69, 9.17) is 4.74 Å². The molecule has 0 saturated carbocycles. The monoisotopic (exact) mass is 541 g/mol. The van der Waals surface area contributed by atoms with Crippen LogP contribution in [0.2, 0.25) is 0 Å². The lowest BCUT2D eigenvalue weighted by molar-refractivity contribution is -0.274. The van der Waals surface area contributed by atoms with E-state index in [1.165, 1.54) is 30.3 Å². The van der Waals surface area contributed by atoms with E-state index >= 15 is 0 Å². The van der Waals surface area contributed by atoms with Crippen molar-refractivity contribution in [2.75, 3.05) is 12.9 Å². The van der Waals surface area contributed by atoms with Crippen molar-refractivity contribution in [2.24, 2.45) is 0 Å². The lowest BCUT2D eigenvalue weighted by Gasteiger charge is -2.16. The van der Waals surface area contributed by atoms with Crippen LogP contribution in [0.15, 0.2) is 60.7 Å². The van der Waals surface area contributed by atoms with Crippen molar-refractivity contribution in [1.82, 2.24) is 5.32 Å². The van der Waals surface area contributed by atoms with Gasteiger partial charge in [0.05, 0.1) is 11.9 Å². The molecular weight excluding hydrogens is 503 g/mol. The topological polar surface area (TPSA) is 64.6 Å². The SMILES string of the molecule is C/C=C\C.CCC.CSC(Cc1ccc(OCC(C)c2ccc(OC(F)(F)F)cc2)cc1)C(=O)NC=O. The van der Waals surface area contributed by atoms with Gasteiger partial charge in [-0.2, -0.15) is 11.8 Å².